The molecule has 25 heavy (non-hydrogen) atoms. The smallest absolute Gasteiger partial charge is 0.409 e. The molecule has 0 bridgehead atoms. The van der Waals surface area contributed by atoms with Crippen LogP contribution in [0.2, 0.25) is 0 Å². The van der Waals surface area contributed by atoms with Crippen molar-refractivity contribution in [1.82, 2.24) is 4.90 Å². The lowest BCUT2D eigenvalue weighted by atomic mass is 10.1. The number of hydrogen-bond acceptors (Lipinski definition) is 5. The molecule has 132 valence electrons. The van der Waals surface area contributed by atoms with Gasteiger partial charge in [0.1, 0.15) is 6.61 Å². The molecule has 6 heteroatoms. The highest BCUT2D eigenvalue weighted by Crippen LogP contribution is 2.14. The van der Waals surface area contributed by atoms with E-state index in [2.05, 4.69) is 4.74 Å². The van der Waals surface area contributed by atoms with E-state index in [0.29, 0.717) is 12.1 Å². The van der Waals surface area contributed by atoms with E-state index in [1.807, 2.05) is 30.3 Å². The molecule has 2 aromatic rings. The normalized spacial score (nSPS) is 11.5. The number of hydrogen-bond donors (Lipinski definition) is 1. The number of likely N-dealkylation sites (N-methyl/N-ethyl adjacent to an activating group) is 1. The van der Waals surface area contributed by atoms with Crippen molar-refractivity contribution < 1.29 is 19.1 Å². The van der Waals surface area contributed by atoms with Crippen molar-refractivity contribution in [3.8, 4) is 0 Å². The maximum atomic E-state index is 12.1. The maximum Gasteiger partial charge on any atom is 0.409 e. The van der Waals surface area contributed by atoms with Gasteiger partial charge in [0.25, 0.3) is 0 Å². The molecule has 1 atom stereocenters. The van der Waals surface area contributed by atoms with Gasteiger partial charge in [0, 0.05) is 19.6 Å². The topological polar surface area (TPSA) is 81.9 Å². The van der Waals surface area contributed by atoms with Gasteiger partial charge < -0.3 is 20.1 Å². The molecule has 2 N–H and O–H groups in total. The summed E-state index contributed by atoms with van der Waals surface area (Å²) in [4.78, 5) is 24.9. The summed E-state index contributed by atoms with van der Waals surface area (Å²) >= 11 is 0. The van der Waals surface area contributed by atoms with Crippen LogP contribution in [0.4, 0.5) is 4.79 Å². The van der Waals surface area contributed by atoms with Crippen molar-refractivity contribution in [2.24, 2.45) is 5.73 Å². The largest absolute Gasteiger partial charge is 0.465 e. The Labute approximate surface area is 147 Å². The molecular weight excluding hydrogens is 320 g/mol. The standard InChI is InChI=1S/C19H22N2O4/c1-21(19(23)25-13-14-6-4-3-5-7-14)12-17(20)15-8-10-16(11-9-15)18(22)24-2/h3-11,17H,12-13,20H2,1-2H3. The lowest BCUT2D eigenvalue weighted by Crippen LogP contribution is -2.34. The maximum absolute atomic E-state index is 12.1. The van der Waals surface area contributed by atoms with E-state index >= 15 is 0 Å². The van der Waals surface area contributed by atoms with Crippen molar-refractivity contribution in [2.75, 3.05) is 20.7 Å². The summed E-state index contributed by atoms with van der Waals surface area (Å²) in [5.74, 6) is -0.401. The van der Waals surface area contributed by atoms with Gasteiger partial charge in [0.15, 0.2) is 0 Å². The third kappa shape index (κ3) is 5.32. The number of rotatable bonds is 6. The molecule has 0 fully saturated rings. The lowest BCUT2D eigenvalue weighted by Gasteiger charge is -2.21. The van der Waals surface area contributed by atoms with Crippen LogP contribution in [-0.4, -0.2) is 37.7 Å². The third-order valence-electron chi connectivity index (χ3n) is 3.75. The molecule has 0 aliphatic carbocycles. The first-order valence-corrected chi connectivity index (χ1v) is 7.87. The van der Waals surface area contributed by atoms with E-state index in [0.717, 1.165) is 11.1 Å². The van der Waals surface area contributed by atoms with Crippen molar-refractivity contribution in [1.29, 1.82) is 0 Å². The summed E-state index contributed by atoms with van der Waals surface area (Å²) < 4.78 is 9.92. The summed E-state index contributed by atoms with van der Waals surface area (Å²) in [6.07, 6.45) is -0.439. The predicted octanol–water partition coefficient (Wildman–Crippen LogP) is 2.74. The average molecular weight is 342 g/mol. The quantitative estimate of drug-likeness (QED) is 0.816. The minimum absolute atomic E-state index is 0.215. The molecule has 0 aliphatic heterocycles. The summed E-state index contributed by atoms with van der Waals surface area (Å²) in [6, 6.07) is 15.9. The molecule has 0 saturated carbocycles. The van der Waals surface area contributed by atoms with Crippen LogP contribution in [-0.2, 0) is 16.1 Å². The fourth-order valence-electron chi connectivity index (χ4n) is 2.29. The second kappa shape index (κ2) is 8.84. The number of methoxy groups -OCH3 is 1. The number of amides is 1. The van der Waals surface area contributed by atoms with Crippen molar-refractivity contribution in [3.05, 3.63) is 71.3 Å². The summed E-state index contributed by atoms with van der Waals surface area (Å²) in [5, 5.41) is 0. The van der Waals surface area contributed by atoms with Crippen molar-refractivity contribution in [3.63, 3.8) is 0 Å². The number of benzene rings is 2. The van der Waals surface area contributed by atoms with E-state index in [9.17, 15) is 9.59 Å². The molecule has 2 rings (SSSR count). The van der Waals surface area contributed by atoms with Crippen LogP contribution in [0.3, 0.4) is 0 Å². The van der Waals surface area contributed by atoms with Crippen LogP contribution in [0, 0.1) is 0 Å². The fourth-order valence-corrected chi connectivity index (χ4v) is 2.29. The van der Waals surface area contributed by atoms with E-state index in [1.165, 1.54) is 12.0 Å². The van der Waals surface area contributed by atoms with E-state index < -0.39 is 12.1 Å². The summed E-state index contributed by atoms with van der Waals surface area (Å²) in [6.45, 7) is 0.512. The molecule has 2 aromatic carbocycles. The van der Waals surface area contributed by atoms with Crippen LogP contribution in [0.15, 0.2) is 54.6 Å². The Morgan fingerprint density at radius 1 is 1.08 bits per heavy atom. The fraction of sp³-hybridized carbons (Fsp3) is 0.263. The molecule has 0 heterocycles. The minimum Gasteiger partial charge on any atom is -0.465 e. The lowest BCUT2D eigenvalue weighted by molar-refractivity contribution is 0.0600. The number of nitrogens with two attached hydrogens (primary N) is 1. The van der Waals surface area contributed by atoms with E-state index in [4.69, 9.17) is 10.5 Å². The second-order valence-electron chi connectivity index (χ2n) is 5.64. The number of carbonyl (C=O) groups excluding carboxylic acids is 2. The van der Waals surface area contributed by atoms with E-state index in [1.54, 1.807) is 31.3 Å². The first-order valence-electron chi connectivity index (χ1n) is 7.87. The zero-order valence-electron chi connectivity index (χ0n) is 14.3. The zero-order chi connectivity index (χ0) is 18.2. The molecular formula is C19H22N2O4. The Hall–Kier alpha value is -2.86. The first-order chi connectivity index (χ1) is 12.0. The number of carbonyl (C=O) groups is 2. The van der Waals surface area contributed by atoms with Crippen LogP contribution in [0.25, 0.3) is 0 Å². The van der Waals surface area contributed by atoms with Gasteiger partial charge in [-0.2, -0.15) is 0 Å². The van der Waals surface area contributed by atoms with Crippen LogP contribution in [0.1, 0.15) is 27.5 Å². The van der Waals surface area contributed by atoms with Gasteiger partial charge in [-0.1, -0.05) is 42.5 Å². The number of ether oxygens (including phenoxy) is 2. The van der Waals surface area contributed by atoms with Gasteiger partial charge in [-0.3, -0.25) is 0 Å². The van der Waals surface area contributed by atoms with Gasteiger partial charge >= 0.3 is 12.1 Å². The molecule has 0 spiro atoms. The van der Waals surface area contributed by atoms with Crippen molar-refractivity contribution >= 4 is 12.1 Å². The van der Waals surface area contributed by atoms with Crippen LogP contribution >= 0.6 is 0 Å². The highest BCUT2D eigenvalue weighted by atomic mass is 16.6. The second-order valence-corrected chi connectivity index (χ2v) is 5.64. The van der Waals surface area contributed by atoms with Crippen LogP contribution in [0.5, 0.6) is 0 Å². The Balaban J connectivity index is 1.87. The number of esters is 1. The Morgan fingerprint density at radius 2 is 1.72 bits per heavy atom. The van der Waals surface area contributed by atoms with Gasteiger partial charge in [-0.25, -0.2) is 9.59 Å². The minimum atomic E-state index is -0.439. The molecule has 1 unspecified atom stereocenters. The Bertz CT molecular complexity index is 701. The molecule has 0 radical (unpaired) electrons. The number of nitrogens with zero attached hydrogens (tertiary/aromatic N) is 1. The highest BCUT2D eigenvalue weighted by molar-refractivity contribution is 5.89. The van der Waals surface area contributed by atoms with Gasteiger partial charge in [-0.15, -0.1) is 0 Å². The van der Waals surface area contributed by atoms with Gasteiger partial charge in [0.2, 0.25) is 0 Å². The van der Waals surface area contributed by atoms with Gasteiger partial charge in [0.05, 0.1) is 12.7 Å². The highest BCUT2D eigenvalue weighted by Gasteiger charge is 2.16. The van der Waals surface area contributed by atoms with Crippen molar-refractivity contribution in [2.45, 2.75) is 12.6 Å². The molecule has 0 aliphatic rings. The Kier molecular flexibility index (Phi) is 6.54. The van der Waals surface area contributed by atoms with E-state index in [-0.39, 0.29) is 12.6 Å². The zero-order valence-corrected chi connectivity index (χ0v) is 14.3. The molecule has 1 amide bonds. The monoisotopic (exact) mass is 342 g/mol. The predicted molar refractivity (Wildman–Crippen MR) is 94.0 cm³/mol. The first kappa shape index (κ1) is 18.5. The summed E-state index contributed by atoms with van der Waals surface area (Å²) in [7, 11) is 2.97. The average Bonchev–Trinajstić information content (AvgIpc) is 2.66. The van der Waals surface area contributed by atoms with Gasteiger partial charge in [-0.05, 0) is 23.3 Å². The molecule has 0 saturated heterocycles. The molecule has 0 aromatic heterocycles. The molecule has 6 nitrogen and oxygen atoms in total. The van der Waals surface area contributed by atoms with Crippen LogP contribution < -0.4 is 5.73 Å². The Morgan fingerprint density at radius 3 is 2.32 bits per heavy atom. The summed E-state index contributed by atoms with van der Waals surface area (Å²) in [5.41, 5.74) is 8.33. The SMILES string of the molecule is COC(=O)c1ccc(C(N)CN(C)C(=O)OCc2ccccc2)cc1. The third-order valence-corrected chi connectivity index (χ3v) is 3.75.